The van der Waals surface area contributed by atoms with Gasteiger partial charge in [0.05, 0.1) is 5.69 Å². The minimum atomic E-state index is -0.789. The monoisotopic (exact) mass is 358 g/mol. The van der Waals surface area contributed by atoms with Crippen molar-refractivity contribution in [3.05, 3.63) is 52.6 Å². The standard InChI is InChI=1S/C19H23FN4O2/c1-12-16(13(2)23(3)22-12)7-8-17(25)24-10-9-21-19(26)18(24)14-5-4-6-15(20)11-14/h4-6,11,18H,7-10H2,1-3H3,(H,21,26). The molecule has 1 saturated heterocycles. The van der Waals surface area contributed by atoms with Crippen LogP contribution in [0.2, 0.25) is 0 Å². The number of halogens is 1. The van der Waals surface area contributed by atoms with Crippen LogP contribution in [-0.2, 0) is 23.1 Å². The Labute approximate surface area is 152 Å². The van der Waals surface area contributed by atoms with Crippen LogP contribution in [0.1, 0.15) is 35.0 Å². The average molecular weight is 358 g/mol. The van der Waals surface area contributed by atoms with Gasteiger partial charge in [-0.3, -0.25) is 14.3 Å². The van der Waals surface area contributed by atoms with Gasteiger partial charge >= 0.3 is 0 Å². The summed E-state index contributed by atoms with van der Waals surface area (Å²) in [7, 11) is 1.88. The van der Waals surface area contributed by atoms with Gasteiger partial charge in [-0.1, -0.05) is 12.1 Å². The fourth-order valence-corrected chi connectivity index (χ4v) is 3.50. The highest BCUT2D eigenvalue weighted by Crippen LogP contribution is 2.25. The Morgan fingerprint density at radius 3 is 2.81 bits per heavy atom. The number of nitrogens with zero attached hydrogens (tertiary/aromatic N) is 3. The Bertz CT molecular complexity index is 846. The number of nitrogens with one attached hydrogen (secondary N) is 1. The molecule has 1 aliphatic heterocycles. The highest BCUT2D eigenvalue weighted by atomic mass is 19.1. The molecule has 1 aromatic carbocycles. The second kappa shape index (κ2) is 7.27. The Hall–Kier alpha value is -2.70. The van der Waals surface area contributed by atoms with Gasteiger partial charge in [-0.2, -0.15) is 5.10 Å². The van der Waals surface area contributed by atoms with Gasteiger partial charge in [-0.05, 0) is 43.5 Å². The Morgan fingerprint density at radius 2 is 2.15 bits per heavy atom. The summed E-state index contributed by atoms with van der Waals surface area (Å²) in [5, 5.41) is 7.13. The first-order valence-corrected chi connectivity index (χ1v) is 8.70. The van der Waals surface area contributed by atoms with E-state index < -0.39 is 11.9 Å². The quantitative estimate of drug-likeness (QED) is 0.906. The van der Waals surface area contributed by atoms with Gasteiger partial charge in [-0.25, -0.2) is 4.39 Å². The lowest BCUT2D eigenvalue weighted by atomic mass is 10.0. The van der Waals surface area contributed by atoms with Crippen molar-refractivity contribution >= 4 is 11.8 Å². The van der Waals surface area contributed by atoms with Gasteiger partial charge in [0.25, 0.3) is 0 Å². The van der Waals surface area contributed by atoms with E-state index in [1.807, 2.05) is 20.9 Å². The molecule has 1 unspecified atom stereocenters. The van der Waals surface area contributed by atoms with Crippen LogP contribution in [0.4, 0.5) is 4.39 Å². The molecule has 138 valence electrons. The van der Waals surface area contributed by atoms with E-state index in [1.54, 1.807) is 21.7 Å². The topological polar surface area (TPSA) is 67.2 Å². The maximum absolute atomic E-state index is 13.6. The number of hydrogen-bond acceptors (Lipinski definition) is 3. The molecule has 1 fully saturated rings. The molecular weight excluding hydrogens is 335 g/mol. The third-order valence-corrected chi connectivity index (χ3v) is 4.94. The molecule has 1 aromatic heterocycles. The molecule has 2 aromatic rings. The second-order valence-electron chi connectivity index (χ2n) is 6.61. The maximum atomic E-state index is 13.6. The molecule has 0 saturated carbocycles. The van der Waals surface area contributed by atoms with Crippen LogP contribution in [-0.4, -0.2) is 39.6 Å². The minimum absolute atomic E-state index is 0.114. The number of aryl methyl sites for hydroxylation is 2. The Kier molecular flexibility index (Phi) is 5.06. The number of piperazine rings is 1. The van der Waals surface area contributed by atoms with Crippen LogP contribution >= 0.6 is 0 Å². The molecule has 2 amide bonds. The molecule has 7 heteroatoms. The number of rotatable bonds is 4. The summed E-state index contributed by atoms with van der Waals surface area (Å²) in [5.74, 6) is -0.810. The van der Waals surface area contributed by atoms with E-state index in [1.165, 1.54) is 12.1 Å². The summed E-state index contributed by atoms with van der Waals surface area (Å²) in [6.45, 7) is 4.72. The lowest BCUT2D eigenvalue weighted by Gasteiger charge is -2.35. The number of carbonyl (C=O) groups is 2. The van der Waals surface area contributed by atoms with Crippen molar-refractivity contribution in [3.8, 4) is 0 Å². The molecular formula is C19H23FN4O2. The summed E-state index contributed by atoms with van der Waals surface area (Å²) in [4.78, 5) is 26.8. The molecule has 2 heterocycles. The number of benzene rings is 1. The lowest BCUT2D eigenvalue weighted by molar-refractivity contribution is -0.143. The van der Waals surface area contributed by atoms with Crippen molar-refractivity contribution < 1.29 is 14.0 Å². The van der Waals surface area contributed by atoms with Crippen molar-refractivity contribution in [2.75, 3.05) is 13.1 Å². The summed E-state index contributed by atoms with van der Waals surface area (Å²) in [6.07, 6.45) is 0.852. The summed E-state index contributed by atoms with van der Waals surface area (Å²) in [6, 6.07) is 5.07. The SMILES string of the molecule is Cc1nn(C)c(C)c1CCC(=O)N1CCNC(=O)C1c1cccc(F)c1. The maximum Gasteiger partial charge on any atom is 0.247 e. The lowest BCUT2D eigenvalue weighted by Crippen LogP contribution is -2.52. The van der Waals surface area contributed by atoms with Crippen LogP contribution in [0.25, 0.3) is 0 Å². The van der Waals surface area contributed by atoms with Crippen molar-refractivity contribution in [1.29, 1.82) is 0 Å². The molecule has 1 aliphatic rings. The zero-order valence-corrected chi connectivity index (χ0v) is 15.3. The highest BCUT2D eigenvalue weighted by Gasteiger charge is 2.34. The zero-order chi connectivity index (χ0) is 18.8. The van der Waals surface area contributed by atoms with Crippen molar-refractivity contribution in [2.24, 2.45) is 7.05 Å². The van der Waals surface area contributed by atoms with E-state index in [2.05, 4.69) is 10.4 Å². The molecule has 0 bridgehead atoms. The normalized spacial score (nSPS) is 17.3. The average Bonchev–Trinajstić information content (AvgIpc) is 2.84. The van der Waals surface area contributed by atoms with E-state index in [4.69, 9.17) is 0 Å². The fourth-order valence-electron chi connectivity index (χ4n) is 3.50. The summed E-state index contributed by atoms with van der Waals surface area (Å²) in [5.41, 5.74) is 3.50. The molecule has 1 atom stereocenters. The molecule has 26 heavy (non-hydrogen) atoms. The molecule has 6 nitrogen and oxygen atoms in total. The second-order valence-corrected chi connectivity index (χ2v) is 6.61. The first kappa shape index (κ1) is 18.1. The van der Waals surface area contributed by atoms with Crippen LogP contribution in [0.5, 0.6) is 0 Å². The Morgan fingerprint density at radius 1 is 1.38 bits per heavy atom. The summed E-state index contributed by atoms with van der Waals surface area (Å²) >= 11 is 0. The number of amides is 2. The first-order chi connectivity index (χ1) is 12.4. The van der Waals surface area contributed by atoms with Gasteiger partial charge in [-0.15, -0.1) is 0 Å². The fraction of sp³-hybridized carbons (Fsp3) is 0.421. The Balaban J connectivity index is 1.78. The van der Waals surface area contributed by atoms with E-state index in [-0.39, 0.29) is 18.2 Å². The molecule has 1 N–H and O–H groups in total. The third-order valence-electron chi connectivity index (χ3n) is 4.94. The third kappa shape index (κ3) is 3.47. The van der Waals surface area contributed by atoms with Crippen LogP contribution < -0.4 is 5.32 Å². The van der Waals surface area contributed by atoms with E-state index in [0.29, 0.717) is 25.1 Å². The van der Waals surface area contributed by atoms with Crippen LogP contribution in [0, 0.1) is 19.7 Å². The van der Waals surface area contributed by atoms with Gasteiger partial charge in [0.1, 0.15) is 11.9 Å². The van der Waals surface area contributed by atoms with Crippen molar-refractivity contribution in [3.63, 3.8) is 0 Å². The molecule has 0 aliphatic carbocycles. The van der Waals surface area contributed by atoms with Gasteiger partial charge < -0.3 is 10.2 Å². The highest BCUT2D eigenvalue weighted by molar-refractivity contribution is 5.89. The van der Waals surface area contributed by atoms with Crippen molar-refractivity contribution in [2.45, 2.75) is 32.7 Å². The molecule has 0 spiro atoms. The van der Waals surface area contributed by atoms with Gasteiger partial charge in [0, 0.05) is 32.3 Å². The first-order valence-electron chi connectivity index (χ1n) is 8.70. The molecule has 3 rings (SSSR count). The smallest absolute Gasteiger partial charge is 0.247 e. The van der Waals surface area contributed by atoms with E-state index in [9.17, 15) is 14.0 Å². The number of hydrogen-bond donors (Lipinski definition) is 1. The van der Waals surface area contributed by atoms with Gasteiger partial charge in [0.15, 0.2) is 0 Å². The van der Waals surface area contributed by atoms with Gasteiger partial charge in [0.2, 0.25) is 11.8 Å². The minimum Gasteiger partial charge on any atom is -0.352 e. The van der Waals surface area contributed by atoms with Crippen molar-refractivity contribution in [1.82, 2.24) is 20.0 Å². The van der Waals surface area contributed by atoms with E-state index in [0.717, 1.165) is 17.0 Å². The summed E-state index contributed by atoms with van der Waals surface area (Å²) < 4.78 is 15.4. The van der Waals surface area contributed by atoms with Crippen LogP contribution in [0.3, 0.4) is 0 Å². The number of carbonyl (C=O) groups excluding carboxylic acids is 2. The number of aromatic nitrogens is 2. The van der Waals surface area contributed by atoms with Crippen LogP contribution in [0.15, 0.2) is 24.3 Å². The predicted octanol–water partition coefficient (Wildman–Crippen LogP) is 1.81. The largest absolute Gasteiger partial charge is 0.352 e. The zero-order valence-electron chi connectivity index (χ0n) is 15.3. The van der Waals surface area contributed by atoms with E-state index >= 15 is 0 Å². The predicted molar refractivity (Wildman–Crippen MR) is 94.9 cm³/mol. The molecule has 0 radical (unpaired) electrons.